The van der Waals surface area contributed by atoms with Crippen molar-refractivity contribution in [3.63, 3.8) is 0 Å². The van der Waals surface area contributed by atoms with Crippen LogP contribution in [0.2, 0.25) is 0 Å². The zero-order valence-electron chi connectivity index (χ0n) is 8.17. The van der Waals surface area contributed by atoms with Gasteiger partial charge in [0.25, 0.3) is 0 Å². The summed E-state index contributed by atoms with van der Waals surface area (Å²) in [6.45, 7) is 1.03. The molecule has 15 heavy (non-hydrogen) atoms. The predicted octanol–water partition coefficient (Wildman–Crippen LogP) is 1.26. The van der Waals surface area contributed by atoms with Gasteiger partial charge in [-0.3, -0.25) is 9.59 Å². The van der Waals surface area contributed by atoms with Crippen LogP contribution in [0.25, 0.3) is 0 Å². The molecular weight excluding hydrogens is 215 g/mol. The number of likely N-dealkylation sites (N-methyl/N-ethyl adjacent to an activating group) is 1. The predicted molar refractivity (Wildman–Crippen MR) is 45.2 cm³/mol. The lowest BCUT2D eigenvalue weighted by Crippen LogP contribution is -2.35. The molecule has 0 bridgehead atoms. The van der Waals surface area contributed by atoms with Crippen LogP contribution in [0.1, 0.15) is 19.8 Å². The second-order valence-electron chi connectivity index (χ2n) is 2.92. The van der Waals surface area contributed by atoms with Crippen molar-refractivity contribution in [2.75, 3.05) is 13.1 Å². The quantitative estimate of drug-likeness (QED) is 0.769. The van der Waals surface area contributed by atoms with Crippen molar-refractivity contribution in [3.05, 3.63) is 0 Å². The van der Waals surface area contributed by atoms with Crippen molar-refractivity contribution in [3.8, 4) is 0 Å². The van der Waals surface area contributed by atoms with Crippen LogP contribution in [0, 0.1) is 0 Å². The molecule has 88 valence electrons. The molecular formula is C8H12F3NO3. The lowest BCUT2D eigenvalue weighted by Gasteiger charge is -2.18. The van der Waals surface area contributed by atoms with Gasteiger partial charge >= 0.3 is 12.1 Å². The first-order valence-corrected chi connectivity index (χ1v) is 4.32. The van der Waals surface area contributed by atoms with Crippen molar-refractivity contribution >= 4 is 11.9 Å². The van der Waals surface area contributed by atoms with Gasteiger partial charge in [-0.15, -0.1) is 0 Å². The SMILES string of the molecule is CCN(CC(=O)O)C(=O)CCC(F)(F)F. The number of carbonyl (C=O) groups is 2. The van der Waals surface area contributed by atoms with Gasteiger partial charge in [-0.25, -0.2) is 0 Å². The van der Waals surface area contributed by atoms with Crippen LogP contribution < -0.4 is 0 Å². The number of halogens is 3. The van der Waals surface area contributed by atoms with Gasteiger partial charge in [-0.05, 0) is 6.92 Å². The summed E-state index contributed by atoms with van der Waals surface area (Å²) in [6, 6.07) is 0. The molecule has 0 rings (SSSR count). The maximum absolute atomic E-state index is 11.8. The third-order valence-electron chi connectivity index (χ3n) is 1.68. The van der Waals surface area contributed by atoms with E-state index in [9.17, 15) is 22.8 Å². The lowest BCUT2D eigenvalue weighted by molar-refractivity contribution is -0.152. The van der Waals surface area contributed by atoms with E-state index in [1.807, 2.05) is 0 Å². The third-order valence-corrected chi connectivity index (χ3v) is 1.68. The Hall–Kier alpha value is -1.27. The van der Waals surface area contributed by atoms with E-state index >= 15 is 0 Å². The first kappa shape index (κ1) is 13.7. The highest BCUT2D eigenvalue weighted by atomic mass is 19.4. The zero-order valence-corrected chi connectivity index (χ0v) is 8.17. The van der Waals surface area contributed by atoms with Crippen LogP contribution in [-0.4, -0.2) is 41.1 Å². The second kappa shape index (κ2) is 5.57. The summed E-state index contributed by atoms with van der Waals surface area (Å²) in [5.41, 5.74) is 0. The highest BCUT2D eigenvalue weighted by molar-refractivity contribution is 5.81. The topological polar surface area (TPSA) is 57.6 Å². The average Bonchev–Trinajstić information content (AvgIpc) is 2.08. The summed E-state index contributed by atoms with van der Waals surface area (Å²) < 4.78 is 35.3. The van der Waals surface area contributed by atoms with E-state index in [1.54, 1.807) is 0 Å². The lowest BCUT2D eigenvalue weighted by atomic mass is 10.2. The fourth-order valence-corrected chi connectivity index (χ4v) is 0.946. The number of hydrogen-bond donors (Lipinski definition) is 1. The molecule has 0 atom stereocenters. The Morgan fingerprint density at radius 3 is 2.20 bits per heavy atom. The van der Waals surface area contributed by atoms with E-state index in [1.165, 1.54) is 6.92 Å². The van der Waals surface area contributed by atoms with Gasteiger partial charge in [0.2, 0.25) is 5.91 Å². The summed E-state index contributed by atoms with van der Waals surface area (Å²) in [6.07, 6.45) is -6.31. The number of amides is 1. The van der Waals surface area contributed by atoms with Crippen LogP contribution in [0.4, 0.5) is 13.2 Å². The molecule has 0 aromatic carbocycles. The minimum absolute atomic E-state index is 0.0863. The van der Waals surface area contributed by atoms with Gasteiger partial charge in [-0.1, -0.05) is 0 Å². The number of nitrogens with zero attached hydrogens (tertiary/aromatic N) is 1. The van der Waals surface area contributed by atoms with Crippen LogP contribution in [-0.2, 0) is 9.59 Å². The van der Waals surface area contributed by atoms with Gasteiger partial charge in [0.1, 0.15) is 6.54 Å². The molecule has 4 nitrogen and oxygen atoms in total. The number of aliphatic carboxylic acids is 1. The fraction of sp³-hybridized carbons (Fsp3) is 0.750. The number of carboxylic acid groups (broad SMARTS) is 1. The van der Waals surface area contributed by atoms with Crippen LogP contribution in [0.3, 0.4) is 0 Å². The standard InChI is InChI=1S/C8H12F3NO3/c1-2-12(5-7(14)15)6(13)3-4-8(9,10)11/h2-5H2,1H3,(H,14,15). The van der Waals surface area contributed by atoms with Gasteiger partial charge < -0.3 is 10.0 Å². The molecule has 0 saturated carbocycles. The van der Waals surface area contributed by atoms with Crippen molar-refractivity contribution in [1.29, 1.82) is 0 Å². The molecule has 1 N–H and O–H groups in total. The molecule has 0 aliphatic rings. The van der Waals surface area contributed by atoms with Gasteiger partial charge in [0, 0.05) is 13.0 Å². The molecule has 0 fully saturated rings. The largest absolute Gasteiger partial charge is 0.480 e. The highest BCUT2D eigenvalue weighted by Crippen LogP contribution is 2.21. The van der Waals surface area contributed by atoms with E-state index in [2.05, 4.69) is 0 Å². The normalized spacial score (nSPS) is 11.2. The number of rotatable bonds is 5. The van der Waals surface area contributed by atoms with E-state index in [0.29, 0.717) is 0 Å². The number of carboxylic acids is 1. The smallest absolute Gasteiger partial charge is 0.389 e. The van der Waals surface area contributed by atoms with Crippen molar-refractivity contribution < 1.29 is 27.9 Å². The molecule has 1 amide bonds. The third kappa shape index (κ3) is 6.75. The molecule has 0 aromatic heterocycles. The molecule has 0 saturated heterocycles. The maximum atomic E-state index is 11.8. The van der Waals surface area contributed by atoms with Crippen molar-refractivity contribution in [2.24, 2.45) is 0 Å². The number of carbonyl (C=O) groups excluding carboxylic acids is 1. The number of hydrogen-bond acceptors (Lipinski definition) is 2. The molecule has 0 unspecified atom stereocenters. The number of alkyl halides is 3. The maximum Gasteiger partial charge on any atom is 0.389 e. The molecule has 0 spiro atoms. The Bertz CT molecular complexity index is 240. The molecule has 7 heteroatoms. The zero-order chi connectivity index (χ0) is 12.1. The van der Waals surface area contributed by atoms with E-state index in [0.717, 1.165) is 4.90 Å². The Labute approximate surface area is 84.7 Å². The van der Waals surface area contributed by atoms with Crippen LogP contribution >= 0.6 is 0 Å². The van der Waals surface area contributed by atoms with Crippen LogP contribution in [0.5, 0.6) is 0 Å². The minimum Gasteiger partial charge on any atom is -0.480 e. The molecule has 0 aliphatic carbocycles. The fourth-order valence-electron chi connectivity index (χ4n) is 0.946. The molecule has 0 radical (unpaired) electrons. The van der Waals surface area contributed by atoms with E-state index < -0.39 is 37.4 Å². The summed E-state index contributed by atoms with van der Waals surface area (Å²) >= 11 is 0. The van der Waals surface area contributed by atoms with Crippen LogP contribution in [0.15, 0.2) is 0 Å². The molecule has 0 heterocycles. The monoisotopic (exact) mass is 227 g/mol. The summed E-state index contributed by atoms with van der Waals surface area (Å²) in [4.78, 5) is 22.2. The first-order chi connectivity index (χ1) is 6.76. The summed E-state index contributed by atoms with van der Waals surface area (Å²) in [7, 11) is 0. The van der Waals surface area contributed by atoms with E-state index in [-0.39, 0.29) is 6.54 Å². The summed E-state index contributed by atoms with van der Waals surface area (Å²) in [5.74, 6) is -2.03. The van der Waals surface area contributed by atoms with Crippen molar-refractivity contribution in [1.82, 2.24) is 4.90 Å². The highest BCUT2D eigenvalue weighted by Gasteiger charge is 2.29. The minimum atomic E-state index is -4.39. The second-order valence-corrected chi connectivity index (χ2v) is 2.92. The Morgan fingerprint density at radius 2 is 1.87 bits per heavy atom. The molecule has 0 aromatic rings. The Balaban J connectivity index is 4.11. The first-order valence-electron chi connectivity index (χ1n) is 4.32. The van der Waals surface area contributed by atoms with E-state index in [4.69, 9.17) is 5.11 Å². The van der Waals surface area contributed by atoms with Gasteiger partial charge in [0.05, 0.1) is 6.42 Å². The van der Waals surface area contributed by atoms with Gasteiger partial charge in [0.15, 0.2) is 0 Å². The van der Waals surface area contributed by atoms with Crippen molar-refractivity contribution in [2.45, 2.75) is 25.9 Å². The Morgan fingerprint density at radius 1 is 1.33 bits per heavy atom. The van der Waals surface area contributed by atoms with Gasteiger partial charge in [-0.2, -0.15) is 13.2 Å². The summed E-state index contributed by atoms with van der Waals surface area (Å²) in [5, 5.41) is 8.38. The average molecular weight is 227 g/mol. The Kier molecular flexibility index (Phi) is 5.10. The molecule has 0 aliphatic heterocycles.